The average molecular weight is 339 g/mol. The second-order valence-corrected chi connectivity index (χ2v) is 8.55. The van der Waals surface area contributed by atoms with Crippen LogP contribution in [0.1, 0.15) is 58.5 Å². The fourth-order valence-corrected chi connectivity index (χ4v) is 4.22. The molecule has 25 heavy (non-hydrogen) atoms. The first-order valence-corrected chi connectivity index (χ1v) is 8.88. The number of aryl methyl sites for hydroxylation is 2. The summed E-state index contributed by atoms with van der Waals surface area (Å²) in [5.41, 5.74) is 7.65. The van der Waals surface area contributed by atoms with Gasteiger partial charge in [-0.25, -0.2) is 0 Å². The highest BCUT2D eigenvalue weighted by Gasteiger charge is 2.47. The van der Waals surface area contributed by atoms with Crippen molar-refractivity contribution >= 4 is 11.3 Å². The molecule has 0 radical (unpaired) electrons. The molecule has 4 heteroatoms. The van der Waals surface area contributed by atoms with Crippen LogP contribution in [-0.4, -0.2) is 21.8 Å². The SMILES string of the molecule is CC1=CC(C)=N/C1=C(/C1=CC(C)(C)[NH+]([O-])C1(C)C)c1[nH]c(C)cc1C. The van der Waals surface area contributed by atoms with E-state index in [1.807, 2.05) is 34.6 Å². The van der Waals surface area contributed by atoms with Crippen LogP contribution >= 0.6 is 0 Å². The smallest absolute Gasteiger partial charge is 0.119 e. The summed E-state index contributed by atoms with van der Waals surface area (Å²) in [7, 11) is 0. The zero-order valence-electron chi connectivity index (χ0n) is 16.6. The maximum absolute atomic E-state index is 13.0. The number of quaternary nitrogens is 1. The van der Waals surface area contributed by atoms with Gasteiger partial charge in [0.2, 0.25) is 0 Å². The molecule has 1 aromatic rings. The zero-order chi connectivity index (χ0) is 18.7. The van der Waals surface area contributed by atoms with E-state index in [9.17, 15) is 5.21 Å². The summed E-state index contributed by atoms with van der Waals surface area (Å²) in [5, 5.41) is 13.3. The Morgan fingerprint density at radius 2 is 1.76 bits per heavy atom. The summed E-state index contributed by atoms with van der Waals surface area (Å²) in [5.74, 6) is 0. The van der Waals surface area contributed by atoms with Crippen LogP contribution < -0.4 is 5.06 Å². The number of aliphatic imine (C=N–C) groups is 1. The van der Waals surface area contributed by atoms with E-state index in [1.165, 1.54) is 5.56 Å². The van der Waals surface area contributed by atoms with Crippen LogP contribution in [0.2, 0.25) is 0 Å². The lowest BCUT2D eigenvalue weighted by atomic mass is 9.85. The summed E-state index contributed by atoms with van der Waals surface area (Å²) in [4.78, 5) is 8.32. The number of nitrogens with zero attached hydrogens (tertiary/aromatic N) is 1. The van der Waals surface area contributed by atoms with Crippen molar-refractivity contribution in [1.82, 2.24) is 4.98 Å². The first kappa shape index (κ1) is 17.9. The standard InChI is InChI=1S/C21H29N3O/c1-12-9-14(3)22-18(12)17(19-13(2)10-15(4)23-19)16-11-20(5,6)24(25)21(16,7)8/h9-11,22,24H,1-8H3/b19-17-. The van der Waals surface area contributed by atoms with E-state index in [1.54, 1.807) is 0 Å². The number of hydroxylamine groups is 2. The minimum absolute atomic E-state index is 0.259. The van der Waals surface area contributed by atoms with Crippen LogP contribution in [0.25, 0.3) is 5.57 Å². The molecule has 0 fully saturated rings. The first-order chi connectivity index (χ1) is 11.4. The Hall–Kier alpha value is -1.91. The van der Waals surface area contributed by atoms with E-state index in [0.717, 1.165) is 39.5 Å². The molecule has 0 aliphatic carbocycles. The van der Waals surface area contributed by atoms with Crippen molar-refractivity contribution < 1.29 is 5.06 Å². The van der Waals surface area contributed by atoms with Gasteiger partial charge in [0.25, 0.3) is 0 Å². The van der Waals surface area contributed by atoms with Crippen molar-refractivity contribution in [2.75, 3.05) is 0 Å². The molecule has 4 nitrogen and oxygen atoms in total. The van der Waals surface area contributed by atoms with Gasteiger partial charge in [0.15, 0.2) is 0 Å². The summed E-state index contributed by atoms with van der Waals surface area (Å²) < 4.78 is 0. The summed E-state index contributed by atoms with van der Waals surface area (Å²) in [6.07, 6.45) is 4.25. The maximum Gasteiger partial charge on any atom is 0.119 e. The molecule has 2 N–H and O–H groups in total. The third kappa shape index (κ3) is 2.74. The van der Waals surface area contributed by atoms with Gasteiger partial charge in [-0.2, -0.15) is 0 Å². The van der Waals surface area contributed by atoms with Crippen LogP contribution in [0.5, 0.6) is 0 Å². The summed E-state index contributed by atoms with van der Waals surface area (Å²) in [6.45, 7) is 16.4. The number of allylic oxidation sites excluding steroid dienone is 2. The molecule has 2 aliphatic rings. The third-order valence-electron chi connectivity index (χ3n) is 5.32. The number of aromatic amines is 1. The molecular formula is C21H29N3O. The number of rotatable bonds is 2. The molecule has 0 aromatic carbocycles. The van der Waals surface area contributed by atoms with Crippen molar-refractivity contribution in [2.45, 2.75) is 66.5 Å². The van der Waals surface area contributed by atoms with Gasteiger partial charge >= 0.3 is 0 Å². The normalized spacial score (nSPS) is 26.4. The second kappa shape index (κ2) is 5.55. The third-order valence-corrected chi connectivity index (χ3v) is 5.32. The summed E-state index contributed by atoms with van der Waals surface area (Å²) >= 11 is 0. The van der Waals surface area contributed by atoms with Gasteiger partial charge in [-0.3, -0.25) is 4.99 Å². The lowest BCUT2D eigenvalue weighted by Gasteiger charge is -2.42. The number of hydrogen-bond acceptors (Lipinski definition) is 2. The van der Waals surface area contributed by atoms with E-state index in [4.69, 9.17) is 4.99 Å². The topological polar surface area (TPSA) is 55.6 Å². The zero-order valence-corrected chi connectivity index (χ0v) is 16.6. The van der Waals surface area contributed by atoms with E-state index in [2.05, 4.69) is 44.0 Å². The van der Waals surface area contributed by atoms with Crippen molar-refractivity contribution in [3.05, 3.63) is 57.2 Å². The van der Waals surface area contributed by atoms with Crippen LogP contribution in [0, 0.1) is 19.1 Å². The molecule has 1 atom stereocenters. The average Bonchev–Trinajstić information content (AvgIpc) is 3.03. The van der Waals surface area contributed by atoms with Crippen LogP contribution in [-0.2, 0) is 0 Å². The van der Waals surface area contributed by atoms with Gasteiger partial charge in [0.1, 0.15) is 11.1 Å². The minimum atomic E-state index is -0.538. The highest BCUT2D eigenvalue weighted by atomic mass is 16.5. The second-order valence-electron chi connectivity index (χ2n) is 8.55. The lowest BCUT2D eigenvalue weighted by Crippen LogP contribution is -3.20. The predicted molar refractivity (Wildman–Crippen MR) is 105 cm³/mol. The quantitative estimate of drug-likeness (QED) is 0.794. The van der Waals surface area contributed by atoms with Gasteiger partial charge in [-0.1, -0.05) is 0 Å². The van der Waals surface area contributed by atoms with Gasteiger partial charge in [0, 0.05) is 22.6 Å². The van der Waals surface area contributed by atoms with Gasteiger partial charge < -0.3 is 15.3 Å². The summed E-state index contributed by atoms with van der Waals surface area (Å²) in [6, 6.07) is 2.15. The lowest BCUT2D eigenvalue weighted by molar-refractivity contribution is -0.927. The Morgan fingerprint density at radius 3 is 2.16 bits per heavy atom. The van der Waals surface area contributed by atoms with Crippen LogP contribution in [0.3, 0.4) is 0 Å². The first-order valence-electron chi connectivity index (χ1n) is 8.88. The Labute approximate surface area is 150 Å². The molecule has 2 aliphatic heterocycles. The number of hydrogen-bond donors (Lipinski definition) is 2. The van der Waals surface area contributed by atoms with E-state index >= 15 is 0 Å². The predicted octanol–water partition coefficient (Wildman–Crippen LogP) is 3.64. The van der Waals surface area contributed by atoms with Crippen LogP contribution in [0.15, 0.2) is 40.1 Å². The molecule has 3 rings (SSSR count). The molecule has 3 heterocycles. The molecule has 0 bridgehead atoms. The largest absolute Gasteiger partial charge is 0.633 e. The van der Waals surface area contributed by atoms with Gasteiger partial charge in [0.05, 0.1) is 11.4 Å². The Kier molecular flexibility index (Phi) is 3.97. The molecule has 1 aromatic heterocycles. The van der Waals surface area contributed by atoms with E-state index in [-0.39, 0.29) is 5.06 Å². The van der Waals surface area contributed by atoms with Gasteiger partial charge in [-0.15, -0.1) is 0 Å². The minimum Gasteiger partial charge on any atom is -0.633 e. The van der Waals surface area contributed by atoms with E-state index in [0.29, 0.717) is 0 Å². The van der Waals surface area contributed by atoms with Crippen molar-refractivity contribution in [1.29, 1.82) is 0 Å². The Morgan fingerprint density at radius 1 is 1.12 bits per heavy atom. The number of nitrogens with one attached hydrogen (secondary N) is 2. The van der Waals surface area contributed by atoms with Gasteiger partial charge in [-0.05, 0) is 84.7 Å². The number of H-pyrrole nitrogens is 1. The molecular weight excluding hydrogens is 310 g/mol. The molecule has 1 unspecified atom stereocenters. The molecule has 0 spiro atoms. The molecule has 0 saturated heterocycles. The van der Waals surface area contributed by atoms with E-state index < -0.39 is 11.1 Å². The molecule has 134 valence electrons. The maximum atomic E-state index is 13.0. The van der Waals surface area contributed by atoms with Crippen molar-refractivity contribution in [3.8, 4) is 0 Å². The Balaban J connectivity index is 2.34. The fraction of sp³-hybridized carbons (Fsp3) is 0.476. The van der Waals surface area contributed by atoms with Crippen molar-refractivity contribution in [3.63, 3.8) is 0 Å². The number of aromatic nitrogens is 1. The molecule has 0 saturated carbocycles. The fourth-order valence-electron chi connectivity index (χ4n) is 4.22. The molecule has 0 amide bonds. The van der Waals surface area contributed by atoms with Crippen LogP contribution in [0.4, 0.5) is 0 Å². The highest BCUT2D eigenvalue weighted by Crippen LogP contribution is 2.41. The Bertz CT molecular complexity index is 860. The van der Waals surface area contributed by atoms with Crippen molar-refractivity contribution in [2.24, 2.45) is 4.99 Å². The highest BCUT2D eigenvalue weighted by molar-refractivity contribution is 6.01. The monoisotopic (exact) mass is 339 g/mol.